The Morgan fingerprint density at radius 1 is 1.22 bits per heavy atom. The second kappa shape index (κ2) is 12.8. The first kappa shape index (κ1) is 29.6. The molecule has 204 valence electrons. The van der Waals surface area contributed by atoms with Crippen molar-refractivity contribution in [1.82, 2.24) is 9.88 Å². The van der Waals surface area contributed by atoms with Crippen molar-refractivity contribution in [2.75, 3.05) is 17.6 Å². The van der Waals surface area contributed by atoms with E-state index in [0.29, 0.717) is 38.9 Å². The minimum atomic E-state index is -4.37. The van der Waals surface area contributed by atoms with E-state index in [1.165, 1.54) is 40.9 Å². The highest BCUT2D eigenvalue weighted by Crippen LogP contribution is 2.38. The Balaban J connectivity index is 1.61. The van der Waals surface area contributed by atoms with E-state index in [1.54, 1.807) is 26.1 Å². The summed E-state index contributed by atoms with van der Waals surface area (Å²) < 4.78 is 38.6. The fraction of sp³-hybridized carbons (Fsp3) is 0.560. The molecule has 1 saturated carbocycles. The number of hydrogen-bond acceptors (Lipinski definition) is 6. The molecule has 0 atom stereocenters. The molecule has 1 aliphatic rings. The van der Waals surface area contributed by atoms with Crippen LogP contribution in [0.1, 0.15) is 58.4 Å². The number of carbonyl (C=O) groups excluding carboxylic acids is 1. The number of nitrogens with zero attached hydrogens (tertiary/aromatic N) is 2. The quantitative estimate of drug-likeness (QED) is 0.223. The number of halogens is 3. The third kappa shape index (κ3) is 8.81. The summed E-state index contributed by atoms with van der Waals surface area (Å²) in [6.45, 7) is 5.91. The summed E-state index contributed by atoms with van der Waals surface area (Å²) in [6, 6.07) is 5.12. The summed E-state index contributed by atoms with van der Waals surface area (Å²) in [5.74, 6) is 0.266. The predicted octanol–water partition coefficient (Wildman–Crippen LogP) is 7.71. The monoisotopic (exact) mass is 575 g/mol. The average molecular weight is 576 g/mol. The van der Waals surface area contributed by atoms with Gasteiger partial charge in [0.05, 0.1) is 16.0 Å². The summed E-state index contributed by atoms with van der Waals surface area (Å²) in [5, 5.41) is 12.6. The lowest BCUT2D eigenvalue weighted by atomic mass is 9.86. The molecule has 1 aliphatic carbocycles. The summed E-state index contributed by atoms with van der Waals surface area (Å²) >= 11 is 3.75. The molecule has 12 heteroatoms. The van der Waals surface area contributed by atoms with Crippen molar-refractivity contribution in [3.8, 4) is 0 Å². The number of rotatable bonds is 10. The van der Waals surface area contributed by atoms with Crippen LogP contribution in [0.15, 0.2) is 39.6 Å². The number of benzene rings is 1. The molecule has 0 spiro atoms. The highest BCUT2D eigenvalue weighted by atomic mass is 32.2. The predicted molar refractivity (Wildman–Crippen MR) is 144 cm³/mol. The number of urea groups is 1. The number of hydrogen-bond donors (Lipinski definition) is 2. The third-order valence-electron chi connectivity index (χ3n) is 6.23. The van der Waals surface area contributed by atoms with Gasteiger partial charge in [0.2, 0.25) is 0 Å². The number of carboxylic acids is 1. The maximum Gasteiger partial charge on any atom is 0.416 e. The minimum Gasteiger partial charge on any atom is -0.480 e. The molecule has 1 aromatic heterocycles. The van der Waals surface area contributed by atoms with Gasteiger partial charge in [0.15, 0.2) is 5.13 Å². The Morgan fingerprint density at radius 3 is 2.57 bits per heavy atom. The summed E-state index contributed by atoms with van der Waals surface area (Å²) in [7, 11) is 0. The summed E-state index contributed by atoms with van der Waals surface area (Å²) in [6.07, 6.45) is 1.70. The standard InChI is InChI=1S/C25H32F3N3O3S3/c1-16-8-10-18(11-9-16)31(12-5-13-35-19-7-4-6-17(14-19)25(26,27)28)23(34)30-22-29-15-20(36-22)37-24(2,3)21(32)33/h4,6-7,14-16,18H,5,8-13H2,1-3H3,(H,32,33)(H,29,30,34). The number of carbonyl (C=O) groups is 2. The Labute approximate surface area is 227 Å². The van der Waals surface area contributed by atoms with Gasteiger partial charge in [-0.1, -0.05) is 36.1 Å². The van der Waals surface area contributed by atoms with Crippen molar-refractivity contribution in [3.05, 3.63) is 36.0 Å². The van der Waals surface area contributed by atoms with Crippen LogP contribution in [-0.2, 0) is 11.0 Å². The van der Waals surface area contributed by atoms with Gasteiger partial charge < -0.3 is 10.0 Å². The molecule has 2 N–H and O–H groups in total. The zero-order chi connectivity index (χ0) is 27.2. The van der Waals surface area contributed by atoms with Gasteiger partial charge in [0.1, 0.15) is 4.75 Å². The van der Waals surface area contributed by atoms with E-state index in [2.05, 4.69) is 17.2 Å². The van der Waals surface area contributed by atoms with Gasteiger partial charge in [-0.3, -0.25) is 10.1 Å². The van der Waals surface area contributed by atoms with Crippen LogP contribution in [0, 0.1) is 5.92 Å². The molecule has 3 rings (SSSR count). The Kier molecular flexibility index (Phi) is 10.2. The fourth-order valence-electron chi connectivity index (χ4n) is 4.01. The first-order valence-electron chi connectivity index (χ1n) is 12.1. The lowest BCUT2D eigenvalue weighted by Gasteiger charge is -2.36. The van der Waals surface area contributed by atoms with Gasteiger partial charge in [0, 0.05) is 17.5 Å². The lowest BCUT2D eigenvalue weighted by Crippen LogP contribution is -2.45. The number of aromatic nitrogens is 1. The van der Waals surface area contributed by atoms with E-state index in [9.17, 15) is 27.9 Å². The maximum atomic E-state index is 13.3. The molecular formula is C25H32F3N3O3S3. The number of anilines is 1. The number of aliphatic carboxylic acids is 1. The largest absolute Gasteiger partial charge is 0.480 e. The molecule has 37 heavy (non-hydrogen) atoms. The number of thiazole rings is 1. The smallest absolute Gasteiger partial charge is 0.416 e. The van der Waals surface area contributed by atoms with E-state index in [4.69, 9.17) is 0 Å². The minimum absolute atomic E-state index is 0.0921. The second-order valence-corrected chi connectivity index (χ2v) is 13.8. The highest BCUT2D eigenvalue weighted by molar-refractivity contribution is 8.03. The number of nitrogens with one attached hydrogen (secondary N) is 1. The molecule has 2 amide bonds. The first-order chi connectivity index (χ1) is 17.3. The normalized spacial score (nSPS) is 18.4. The number of thioether (sulfide) groups is 2. The van der Waals surface area contributed by atoms with Crippen molar-refractivity contribution in [2.24, 2.45) is 5.92 Å². The van der Waals surface area contributed by atoms with Crippen LogP contribution in [0.4, 0.5) is 23.1 Å². The Bertz CT molecular complexity index is 1070. The fourth-order valence-corrected chi connectivity index (χ4v) is 7.17. The van der Waals surface area contributed by atoms with Gasteiger partial charge >= 0.3 is 18.2 Å². The Morgan fingerprint density at radius 2 is 1.92 bits per heavy atom. The molecule has 2 aromatic rings. The average Bonchev–Trinajstić information content (AvgIpc) is 3.25. The number of carboxylic acid groups (broad SMARTS) is 1. The van der Waals surface area contributed by atoms with Gasteiger partial charge in [-0.25, -0.2) is 9.78 Å². The maximum absolute atomic E-state index is 13.3. The molecule has 6 nitrogen and oxygen atoms in total. The van der Waals surface area contributed by atoms with Crippen LogP contribution in [0.5, 0.6) is 0 Å². The van der Waals surface area contributed by atoms with Crippen molar-refractivity contribution < 1.29 is 27.9 Å². The molecule has 0 unspecified atom stereocenters. The zero-order valence-electron chi connectivity index (χ0n) is 21.0. The van der Waals surface area contributed by atoms with Gasteiger partial charge in [0.25, 0.3) is 0 Å². The van der Waals surface area contributed by atoms with Crippen LogP contribution >= 0.6 is 34.9 Å². The molecule has 1 heterocycles. The SMILES string of the molecule is CC1CCC(N(CCCSc2cccc(C(F)(F)F)c2)C(=O)Nc2ncc(SC(C)(C)C(=O)O)s2)CC1. The van der Waals surface area contributed by atoms with Gasteiger partial charge in [-0.05, 0) is 75.8 Å². The van der Waals surface area contributed by atoms with E-state index in [0.717, 1.165) is 37.8 Å². The van der Waals surface area contributed by atoms with Gasteiger partial charge in [-0.2, -0.15) is 13.2 Å². The molecule has 0 aliphatic heterocycles. The molecular weight excluding hydrogens is 543 g/mol. The topological polar surface area (TPSA) is 82.5 Å². The van der Waals surface area contributed by atoms with Crippen LogP contribution in [-0.4, -0.2) is 50.1 Å². The van der Waals surface area contributed by atoms with Crippen molar-refractivity contribution in [1.29, 1.82) is 0 Å². The van der Waals surface area contributed by atoms with Gasteiger partial charge in [-0.15, -0.1) is 11.8 Å². The van der Waals surface area contributed by atoms with E-state index in [1.807, 2.05) is 4.90 Å². The number of alkyl halides is 3. The van der Waals surface area contributed by atoms with E-state index < -0.39 is 22.5 Å². The molecule has 0 bridgehead atoms. The van der Waals surface area contributed by atoms with E-state index >= 15 is 0 Å². The lowest BCUT2D eigenvalue weighted by molar-refractivity contribution is -0.139. The summed E-state index contributed by atoms with van der Waals surface area (Å²) in [4.78, 5) is 31.3. The molecule has 1 fully saturated rings. The van der Waals surface area contributed by atoms with Crippen molar-refractivity contribution in [3.63, 3.8) is 0 Å². The zero-order valence-corrected chi connectivity index (χ0v) is 23.5. The van der Waals surface area contributed by atoms with Crippen LogP contribution in [0.3, 0.4) is 0 Å². The van der Waals surface area contributed by atoms with Crippen molar-refractivity contribution in [2.45, 2.75) is 78.9 Å². The van der Waals surface area contributed by atoms with Crippen LogP contribution in [0.25, 0.3) is 0 Å². The molecule has 1 aromatic carbocycles. The summed E-state index contributed by atoms with van der Waals surface area (Å²) in [5.41, 5.74) is -0.664. The second-order valence-electron chi connectivity index (χ2n) is 9.67. The highest BCUT2D eigenvalue weighted by Gasteiger charge is 2.32. The van der Waals surface area contributed by atoms with Crippen LogP contribution < -0.4 is 5.32 Å². The first-order valence-corrected chi connectivity index (χ1v) is 14.7. The van der Waals surface area contributed by atoms with E-state index in [-0.39, 0.29) is 12.1 Å². The molecule has 0 radical (unpaired) electrons. The number of amides is 2. The van der Waals surface area contributed by atoms with Crippen molar-refractivity contribution >= 4 is 52.0 Å². The van der Waals surface area contributed by atoms with Crippen LogP contribution in [0.2, 0.25) is 0 Å². The Hall–Kier alpha value is -1.92. The third-order valence-corrected chi connectivity index (χ3v) is 9.51. The molecule has 0 saturated heterocycles.